The molecule has 96 valence electrons. The minimum atomic E-state index is 0.0474. The Labute approximate surface area is 112 Å². The van der Waals surface area contributed by atoms with Gasteiger partial charge in [-0.1, -0.05) is 30.3 Å². The first-order chi connectivity index (χ1) is 9.31. The number of benzene rings is 1. The van der Waals surface area contributed by atoms with E-state index < -0.39 is 0 Å². The van der Waals surface area contributed by atoms with Crippen LogP contribution in [-0.4, -0.2) is 17.9 Å². The Morgan fingerprint density at radius 2 is 2.00 bits per heavy atom. The van der Waals surface area contributed by atoms with Gasteiger partial charge in [0, 0.05) is 12.1 Å². The van der Waals surface area contributed by atoms with E-state index in [0.29, 0.717) is 17.4 Å². The number of nitrogens with zero attached hydrogens (tertiary/aromatic N) is 1. The van der Waals surface area contributed by atoms with Gasteiger partial charge < -0.3 is 4.74 Å². The minimum absolute atomic E-state index is 0.0474. The Kier molecular flexibility index (Phi) is 3.03. The molecule has 1 aliphatic rings. The molecule has 0 spiro atoms. The fourth-order valence-electron chi connectivity index (χ4n) is 2.47. The number of ether oxygens (including phenoxy) is 1. The first kappa shape index (κ1) is 11.9. The maximum Gasteiger partial charge on any atom is 0.188 e. The third-order valence-electron chi connectivity index (χ3n) is 3.58. The van der Waals surface area contributed by atoms with E-state index in [0.717, 1.165) is 6.42 Å². The van der Waals surface area contributed by atoms with Crippen molar-refractivity contribution in [1.82, 2.24) is 4.98 Å². The second-order valence-corrected chi connectivity index (χ2v) is 4.78. The van der Waals surface area contributed by atoms with Crippen molar-refractivity contribution >= 4 is 5.78 Å². The number of carbonyl (C=O) groups excluding carboxylic acids is 1. The van der Waals surface area contributed by atoms with E-state index in [1.165, 1.54) is 5.56 Å². The van der Waals surface area contributed by atoms with Crippen molar-refractivity contribution in [3.8, 4) is 5.75 Å². The topological polar surface area (TPSA) is 39.2 Å². The highest BCUT2D eigenvalue weighted by molar-refractivity contribution is 6.00. The van der Waals surface area contributed by atoms with Crippen molar-refractivity contribution in [3.63, 3.8) is 0 Å². The molecule has 1 aliphatic carbocycles. The second-order valence-electron chi connectivity index (χ2n) is 4.78. The molecule has 0 aliphatic heterocycles. The molecule has 0 N–H and O–H groups in total. The van der Waals surface area contributed by atoms with E-state index in [2.05, 4.69) is 17.1 Å². The van der Waals surface area contributed by atoms with Gasteiger partial charge in [0.15, 0.2) is 5.78 Å². The highest BCUT2D eigenvalue weighted by Gasteiger charge is 2.45. The molecule has 0 saturated heterocycles. The lowest BCUT2D eigenvalue weighted by Gasteiger charge is -2.05. The van der Waals surface area contributed by atoms with E-state index in [9.17, 15) is 4.79 Å². The van der Waals surface area contributed by atoms with Crippen molar-refractivity contribution in [2.75, 3.05) is 7.11 Å². The van der Waals surface area contributed by atoms with Gasteiger partial charge in [-0.15, -0.1) is 0 Å². The fourth-order valence-corrected chi connectivity index (χ4v) is 2.47. The third kappa shape index (κ3) is 2.24. The maximum absolute atomic E-state index is 12.4. The molecular weight excluding hydrogens is 238 g/mol. The molecule has 19 heavy (non-hydrogen) atoms. The summed E-state index contributed by atoms with van der Waals surface area (Å²) in [5.41, 5.74) is 1.68. The van der Waals surface area contributed by atoms with Crippen LogP contribution in [-0.2, 0) is 0 Å². The number of carbonyl (C=O) groups is 1. The Balaban J connectivity index is 1.80. The van der Waals surface area contributed by atoms with Gasteiger partial charge in [-0.05, 0) is 30.0 Å². The number of Topliss-reactive ketones (excluding diaryl/α,β-unsaturated/α-hetero) is 1. The number of hydrogen-bond acceptors (Lipinski definition) is 3. The summed E-state index contributed by atoms with van der Waals surface area (Å²) in [5.74, 6) is 1.03. The molecule has 1 saturated carbocycles. The van der Waals surface area contributed by atoms with Crippen molar-refractivity contribution in [2.24, 2.45) is 5.92 Å². The number of pyridine rings is 1. The molecule has 3 nitrogen and oxygen atoms in total. The van der Waals surface area contributed by atoms with Gasteiger partial charge in [-0.25, -0.2) is 4.98 Å². The van der Waals surface area contributed by atoms with Gasteiger partial charge in [0.1, 0.15) is 11.4 Å². The average molecular weight is 253 g/mol. The first-order valence-corrected chi connectivity index (χ1v) is 6.39. The number of aromatic nitrogens is 1. The van der Waals surface area contributed by atoms with Crippen LogP contribution in [0.2, 0.25) is 0 Å². The number of methoxy groups -OCH3 is 1. The zero-order chi connectivity index (χ0) is 13.2. The van der Waals surface area contributed by atoms with Gasteiger partial charge >= 0.3 is 0 Å². The summed E-state index contributed by atoms with van der Waals surface area (Å²) in [4.78, 5) is 16.6. The smallest absolute Gasteiger partial charge is 0.188 e. The molecule has 3 heteroatoms. The number of rotatable bonds is 4. The second kappa shape index (κ2) is 4.84. The van der Waals surface area contributed by atoms with Gasteiger partial charge in [0.2, 0.25) is 0 Å². The van der Waals surface area contributed by atoms with E-state index in [1.807, 2.05) is 18.2 Å². The minimum Gasteiger partial charge on any atom is -0.494 e. The average Bonchev–Trinajstić information content (AvgIpc) is 3.28. The summed E-state index contributed by atoms with van der Waals surface area (Å²) in [7, 11) is 1.56. The molecule has 2 unspecified atom stereocenters. The number of ketones is 1. The van der Waals surface area contributed by atoms with Crippen LogP contribution in [0, 0.1) is 5.92 Å². The quantitative estimate of drug-likeness (QED) is 0.786. The van der Waals surface area contributed by atoms with Gasteiger partial charge in [0.25, 0.3) is 0 Å². The molecule has 1 heterocycles. The summed E-state index contributed by atoms with van der Waals surface area (Å²) in [6.07, 6.45) is 2.54. The standard InChI is InChI=1S/C16H15NO2/c1-19-14-8-5-9-17-15(14)16(18)13-10-12(13)11-6-3-2-4-7-11/h2-9,12-13H,10H2,1H3. The molecule has 2 aromatic rings. The first-order valence-electron chi connectivity index (χ1n) is 6.39. The third-order valence-corrected chi connectivity index (χ3v) is 3.58. The van der Waals surface area contributed by atoms with Crippen molar-refractivity contribution in [2.45, 2.75) is 12.3 Å². The fraction of sp³-hybridized carbons (Fsp3) is 0.250. The summed E-state index contributed by atoms with van der Waals surface area (Å²) in [5, 5.41) is 0. The van der Waals surface area contributed by atoms with E-state index in [-0.39, 0.29) is 11.7 Å². The molecule has 0 bridgehead atoms. The Morgan fingerprint density at radius 1 is 1.21 bits per heavy atom. The van der Waals surface area contributed by atoms with Crippen LogP contribution in [0.15, 0.2) is 48.7 Å². The van der Waals surface area contributed by atoms with Crippen LogP contribution in [0.5, 0.6) is 5.75 Å². The molecule has 2 atom stereocenters. The Hall–Kier alpha value is -2.16. The van der Waals surface area contributed by atoms with Crippen molar-refractivity contribution in [1.29, 1.82) is 0 Å². The van der Waals surface area contributed by atoms with E-state index in [4.69, 9.17) is 4.74 Å². The predicted molar refractivity (Wildman–Crippen MR) is 72.4 cm³/mol. The monoisotopic (exact) mass is 253 g/mol. The SMILES string of the molecule is COc1cccnc1C(=O)C1CC1c1ccccc1. The molecule has 3 rings (SSSR count). The Morgan fingerprint density at radius 3 is 2.74 bits per heavy atom. The van der Waals surface area contributed by atoms with E-state index >= 15 is 0 Å². The largest absolute Gasteiger partial charge is 0.494 e. The summed E-state index contributed by atoms with van der Waals surface area (Å²) in [6, 6.07) is 13.7. The van der Waals surface area contributed by atoms with Crippen molar-refractivity contribution < 1.29 is 9.53 Å². The molecular formula is C16H15NO2. The zero-order valence-electron chi connectivity index (χ0n) is 10.7. The lowest BCUT2D eigenvalue weighted by molar-refractivity contribution is 0.0957. The van der Waals surface area contributed by atoms with Crippen LogP contribution in [0.25, 0.3) is 0 Å². The van der Waals surface area contributed by atoms with Crippen LogP contribution < -0.4 is 4.74 Å². The number of hydrogen-bond donors (Lipinski definition) is 0. The summed E-state index contributed by atoms with van der Waals surface area (Å²) in [6.45, 7) is 0. The van der Waals surface area contributed by atoms with Gasteiger partial charge in [-0.2, -0.15) is 0 Å². The van der Waals surface area contributed by atoms with E-state index in [1.54, 1.807) is 25.4 Å². The predicted octanol–water partition coefficient (Wildman–Crippen LogP) is 3.08. The van der Waals surface area contributed by atoms with Crippen LogP contribution in [0.1, 0.15) is 28.4 Å². The maximum atomic E-state index is 12.4. The normalized spacial score (nSPS) is 20.9. The highest BCUT2D eigenvalue weighted by atomic mass is 16.5. The lowest BCUT2D eigenvalue weighted by Crippen LogP contribution is -2.07. The van der Waals surface area contributed by atoms with Crippen LogP contribution in [0.4, 0.5) is 0 Å². The summed E-state index contributed by atoms with van der Waals surface area (Å²) >= 11 is 0. The van der Waals surface area contributed by atoms with Gasteiger partial charge in [0.05, 0.1) is 7.11 Å². The molecule has 0 amide bonds. The molecule has 1 fully saturated rings. The lowest BCUT2D eigenvalue weighted by atomic mass is 10.1. The van der Waals surface area contributed by atoms with Crippen LogP contribution in [0.3, 0.4) is 0 Å². The van der Waals surface area contributed by atoms with Crippen LogP contribution >= 0.6 is 0 Å². The molecule has 0 radical (unpaired) electrons. The molecule has 1 aromatic carbocycles. The highest BCUT2D eigenvalue weighted by Crippen LogP contribution is 2.49. The Bertz CT molecular complexity index is 595. The molecule has 1 aromatic heterocycles. The van der Waals surface area contributed by atoms with Crippen molar-refractivity contribution in [3.05, 3.63) is 59.9 Å². The summed E-state index contributed by atoms with van der Waals surface area (Å²) < 4.78 is 5.20. The van der Waals surface area contributed by atoms with Gasteiger partial charge in [-0.3, -0.25) is 4.79 Å². The zero-order valence-corrected chi connectivity index (χ0v) is 10.7.